The van der Waals surface area contributed by atoms with E-state index in [-0.39, 0.29) is 5.82 Å². The van der Waals surface area contributed by atoms with E-state index in [4.69, 9.17) is 0 Å². The van der Waals surface area contributed by atoms with Crippen molar-refractivity contribution in [1.29, 1.82) is 0 Å². The number of nitrogens with one attached hydrogen (secondary N) is 1. The molecule has 19 heavy (non-hydrogen) atoms. The van der Waals surface area contributed by atoms with Crippen LogP contribution in [0.25, 0.3) is 11.4 Å². The molecule has 1 aromatic heterocycles. The van der Waals surface area contributed by atoms with E-state index in [2.05, 4.69) is 38.1 Å². The van der Waals surface area contributed by atoms with Gasteiger partial charge in [0.15, 0.2) is 5.82 Å². The average Bonchev–Trinajstić information content (AvgIpc) is 2.39. The normalized spacial score (nSPS) is 10.5. The summed E-state index contributed by atoms with van der Waals surface area (Å²) in [4.78, 5) is 8.84. The molecule has 2 aromatic rings. The highest BCUT2D eigenvalue weighted by atomic mass is 79.9. The van der Waals surface area contributed by atoms with E-state index in [0.717, 1.165) is 30.0 Å². The van der Waals surface area contributed by atoms with Gasteiger partial charge in [0.2, 0.25) is 0 Å². The number of hydrogen-bond donors (Lipinski definition) is 1. The first-order valence-electron chi connectivity index (χ1n) is 6.15. The maximum atomic E-state index is 13.2. The molecule has 0 amide bonds. The predicted molar refractivity (Wildman–Crippen MR) is 78.6 cm³/mol. The fourth-order valence-corrected chi connectivity index (χ4v) is 2.06. The van der Waals surface area contributed by atoms with Crippen LogP contribution in [0.5, 0.6) is 0 Å². The number of nitrogens with zero attached hydrogens (tertiary/aromatic N) is 2. The zero-order valence-electron chi connectivity index (χ0n) is 10.9. The Hall–Kier alpha value is -1.49. The number of halogens is 2. The highest BCUT2D eigenvalue weighted by Gasteiger charge is 2.07. The van der Waals surface area contributed by atoms with Gasteiger partial charge in [-0.15, -0.1) is 0 Å². The van der Waals surface area contributed by atoms with E-state index in [9.17, 15) is 4.39 Å². The largest absolute Gasteiger partial charge is 0.370 e. The van der Waals surface area contributed by atoms with Gasteiger partial charge in [-0.3, -0.25) is 0 Å². The van der Waals surface area contributed by atoms with Gasteiger partial charge in [0.1, 0.15) is 11.6 Å². The number of anilines is 1. The van der Waals surface area contributed by atoms with Crippen LogP contribution >= 0.6 is 15.9 Å². The second-order valence-corrected chi connectivity index (χ2v) is 5.13. The maximum absolute atomic E-state index is 13.2. The Balaban J connectivity index is 2.37. The first-order chi connectivity index (χ1) is 9.10. The number of hydrogen-bond acceptors (Lipinski definition) is 3. The highest BCUT2D eigenvalue weighted by molar-refractivity contribution is 9.10. The number of rotatable bonds is 4. The summed E-state index contributed by atoms with van der Waals surface area (Å²) in [6.07, 6.45) is 1.03. The third kappa shape index (κ3) is 3.50. The molecule has 5 heteroatoms. The molecule has 0 spiro atoms. The second-order valence-electron chi connectivity index (χ2n) is 4.27. The van der Waals surface area contributed by atoms with Gasteiger partial charge in [-0.1, -0.05) is 6.92 Å². The number of aromatic nitrogens is 2. The summed E-state index contributed by atoms with van der Waals surface area (Å²) >= 11 is 3.18. The van der Waals surface area contributed by atoms with Gasteiger partial charge in [0.05, 0.1) is 4.47 Å². The molecule has 2 rings (SSSR count). The fraction of sp³-hybridized carbons (Fsp3) is 0.286. The summed E-state index contributed by atoms with van der Waals surface area (Å²) in [6.45, 7) is 4.88. The molecule has 1 heterocycles. The molecule has 0 aliphatic rings. The van der Waals surface area contributed by atoms with Crippen LogP contribution in [0.1, 0.15) is 19.0 Å². The van der Waals surface area contributed by atoms with Gasteiger partial charge in [-0.05, 0) is 47.5 Å². The zero-order chi connectivity index (χ0) is 13.8. The van der Waals surface area contributed by atoms with Gasteiger partial charge in [0.25, 0.3) is 0 Å². The Labute approximate surface area is 120 Å². The minimum Gasteiger partial charge on any atom is -0.370 e. The van der Waals surface area contributed by atoms with E-state index in [1.807, 2.05) is 13.0 Å². The molecule has 0 aliphatic carbocycles. The molecule has 0 saturated heterocycles. The molecule has 0 fully saturated rings. The van der Waals surface area contributed by atoms with Crippen molar-refractivity contribution >= 4 is 21.7 Å². The lowest BCUT2D eigenvalue weighted by molar-refractivity contribution is 0.621. The summed E-state index contributed by atoms with van der Waals surface area (Å²) < 4.78 is 13.7. The van der Waals surface area contributed by atoms with E-state index in [1.54, 1.807) is 12.1 Å². The van der Waals surface area contributed by atoms with Crippen molar-refractivity contribution in [2.24, 2.45) is 0 Å². The summed E-state index contributed by atoms with van der Waals surface area (Å²) in [5.41, 5.74) is 1.67. The minimum atomic E-state index is -0.291. The Morgan fingerprint density at radius 2 is 2.05 bits per heavy atom. The Morgan fingerprint density at radius 3 is 2.74 bits per heavy atom. The van der Waals surface area contributed by atoms with Crippen LogP contribution in [-0.2, 0) is 0 Å². The molecule has 0 radical (unpaired) electrons. The Morgan fingerprint density at radius 1 is 1.26 bits per heavy atom. The van der Waals surface area contributed by atoms with E-state index in [1.165, 1.54) is 6.07 Å². The molecule has 0 atom stereocenters. The molecule has 3 nitrogen and oxygen atoms in total. The zero-order valence-corrected chi connectivity index (χ0v) is 12.5. The molecule has 0 saturated carbocycles. The molecule has 1 N–H and O–H groups in total. The Kier molecular flexibility index (Phi) is 4.47. The average molecular weight is 324 g/mol. The van der Waals surface area contributed by atoms with Crippen molar-refractivity contribution in [2.45, 2.75) is 20.3 Å². The summed E-state index contributed by atoms with van der Waals surface area (Å²) in [6, 6.07) is 6.67. The van der Waals surface area contributed by atoms with Crippen LogP contribution in [0.3, 0.4) is 0 Å². The lowest BCUT2D eigenvalue weighted by atomic mass is 10.2. The summed E-state index contributed by atoms with van der Waals surface area (Å²) in [5.74, 6) is 1.10. The van der Waals surface area contributed by atoms with Crippen LogP contribution in [0.2, 0.25) is 0 Å². The van der Waals surface area contributed by atoms with E-state index < -0.39 is 0 Å². The predicted octanol–water partition coefficient (Wildman–Crippen LogP) is 4.18. The molecule has 0 unspecified atom stereocenters. The molecule has 100 valence electrons. The standard InChI is InChI=1S/C14H15BrFN3/c1-3-6-17-13-7-9(2)18-14(19-13)10-4-5-12(16)11(15)8-10/h4-5,7-8H,3,6H2,1-2H3,(H,17,18,19). The van der Waals surface area contributed by atoms with Gasteiger partial charge >= 0.3 is 0 Å². The van der Waals surface area contributed by atoms with Gasteiger partial charge in [-0.25, -0.2) is 14.4 Å². The van der Waals surface area contributed by atoms with Crippen molar-refractivity contribution in [2.75, 3.05) is 11.9 Å². The van der Waals surface area contributed by atoms with Gasteiger partial charge in [0, 0.05) is 23.9 Å². The SMILES string of the molecule is CCCNc1cc(C)nc(-c2ccc(F)c(Br)c2)n1. The minimum absolute atomic E-state index is 0.291. The fourth-order valence-electron chi connectivity index (χ4n) is 1.68. The monoisotopic (exact) mass is 323 g/mol. The molecule has 0 aliphatic heterocycles. The van der Waals surface area contributed by atoms with Crippen molar-refractivity contribution in [3.05, 3.63) is 40.2 Å². The molecular formula is C14H15BrFN3. The van der Waals surface area contributed by atoms with Crippen molar-refractivity contribution in [3.8, 4) is 11.4 Å². The topological polar surface area (TPSA) is 37.8 Å². The van der Waals surface area contributed by atoms with Crippen LogP contribution in [0, 0.1) is 12.7 Å². The molecule has 0 bridgehead atoms. The number of benzene rings is 1. The molecule has 1 aromatic carbocycles. The van der Waals surface area contributed by atoms with Crippen molar-refractivity contribution in [1.82, 2.24) is 9.97 Å². The van der Waals surface area contributed by atoms with Crippen LogP contribution < -0.4 is 5.32 Å². The second kappa shape index (κ2) is 6.10. The first kappa shape index (κ1) is 13.9. The van der Waals surface area contributed by atoms with Crippen LogP contribution in [0.15, 0.2) is 28.7 Å². The Bertz CT molecular complexity index is 587. The third-order valence-corrected chi connectivity index (χ3v) is 3.20. The third-order valence-electron chi connectivity index (χ3n) is 2.59. The van der Waals surface area contributed by atoms with Crippen molar-refractivity contribution < 1.29 is 4.39 Å². The smallest absolute Gasteiger partial charge is 0.161 e. The maximum Gasteiger partial charge on any atom is 0.161 e. The molecular weight excluding hydrogens is 309 g/mol. The first-order valence-corrected chi connectivity index (χ1v) is 6.94. The lowest BCUT2D eigenvalue weighted by Crippen LogP contribution is -2.04. The summed E-state index contributed by atoms with van der Waals surface area (Å²) in [5, 5.41) is 3.23. The van der Waals surface area contributed by atoms with E-state index in [0.29, 0.717) is 10.3 Å². The lowest BCUT2D eigenvalue weighted by Gasteiger charge is -2.08. The van der Waals surface area contributed by atoms with Gasteiger partial charge in [-0.2, -0.15) is 0 Å². The highest BCUT2D eigenvalue weighted by Crippen LogP contribution is 2.24. The van der Waals surface area contributed by atoms with Gasteiger partial charge < -0.3 is 5.32 Å². The quantitative estimate of drug-likeness (QED) is 0.917. The van der Waals surface area contributed by atoms with Crippen LogP contribution in [0.4, 0.5) is 10.2 Å². The van der Waals surface area contributed by atoms with Crippen LogP contribution in [-0.4, -0.2) is 16.5 Å². The van der Waals surface area contributed by atoms with E-state index >= 15 is 0 Å². The summed E-state index contributed by atoms with van der Waals surface area (Å²) in [7, 11) is 0. The van der Waals surface area contributed by atoms with Crippen molar-refractivity contribution in [3.63, 3.8) is 0 Å². The number of aryl methyl sites for hydroxylation is 1.